The van der Waals surface area contributed by atoms with E-state index in [1.54, 1.807) is 0 Å². The molecular formula is C12H17N5O. The number of hydrogen-bond donors (Lipinski definition) is 2. The molecule has 2 N–H and O–H groups in total. The fourth-order valence-electron chi connectivity index (χ4n) is 2.41. The first kappa shape index (κ1) is 11.4. The van der Waals surface area contributed by atoms with Gasteiger partial charge in [-0.3, -0.25) is 0 Å². The number of anilines is 1. The van der Waals surface area contributed by atoms with Gasteiger partial charge in [0.25, 0.3) is 5.71 Å². The minimum Gasteiger partial charge on any atom is -0.364 e. The molecule has 18 heavy (non-hydrogen) atoms. The van der Waals surface area contributed by atoms with Gasteiger partial charge in [0.15, 0.2) is 0 Å². The minimum atomic E-state index is 0.0657. The Hall–Kier alpha value is -1.69. The lowest BCUT2D eigenvalue weighted by atomic mass is 9.90. The highest BCUT2D eigenvalue weighted by molar-refractivity contribution is 5.87. The summed E-state index contributed by atoms with van der Waals surface area (Å²) in [7, 11) is 0. The molecule has 1 saturated heterocycles. The van der Waals surface area contributed by atoms with Gasteiger partial charge in [-0.2, -0.15) is 4.98 Å². The van der Waals surface area contributed by atoms with Gasteiger partial charge in [-0.1, -0.05) is 5.16 Å². The van der Waals surface area contributed by atoms with E-state index in [0.717, 1.165) is 42.8 Å². The standard InChI is InChI=1S/C12H17N5O/c1-8-9-10(14-7-15-11(9)18-17-8)16-12(2)3-5-13-6-4-12/h7,13H,3-6H2,1-2H3,(H,14,15,16). The Kier molecular flexibility index (Phi) is 2.66. The van der Waals surface area contributed by atoms with Crippen molar-refractivity contribution in [2.45, 2.75) is 32.2 Å². The number of aryl methyl sites for hydroxylation is 1. The molecule has 0 saturated carbocycles. The topological polar surface area (TPSA) is 75.9 Å². The van der Waals surface area contributed by atoms with Crippen LogP contribution in [0.15, 0.2) is 10.9 Å². The molecule has 0 amide bonds. The first-order valence-corrected chi connectivity index (χ1v) is 6.24. The molecule has 3 heterocycles. The van der Waals surface area contributed by atoms with Crippen LogP contribution >= 0.6 is 0 Å². The van der Waals surface area contributed by atoms with Crippen molar-refractivity contribution in [3.63, 3.8) is 0 Å². The van der Waals surface area contributed by atoms with Crippen molar-refractivity contribution in [1.29, 1.82) is 0 Å². The quantitative estimate of drug-likeness (QED) is 0.837. The molecule has 0 spiro atoms. The van der Waals surface area contributed by atoms with Crippen molar-refractivity contribution in [1.82, 2.24) is 20.4 Å². The predicted molar refractivity (Wildman–Crippen MR) is 68.5 cm³/mol. The van der Waals surface area contributed by atoms with Gasteiger partial charge in [-0.15, -0.1) is 0 Å². The summed E-state index contributed by atoms with van der Waals surface area (Å²) in [6, 6.07) is 0. The van der Waals surface area contributed by atoms with E-state index in [1.165, 1.54) is 6.33 Å². The van der Waals surface area contributed by atoms with Gasteiger partial charge in [0, 0.05) is 5.54 Å². The first-order valence-electron chi connectivity index (χ1n) is 6.24. The van der Waals surface area contributed by atoms with Crippen LogP contribution in [0, 0.1) is 6.92 Å². The highest BCUT2D eigenvalue weighted by Gasteiger charge is 2.28. The SMILES string of the molecule is Cc1noc2ncnc(NC3(C)CCNCC3)c12. The van der Waals surface area contributed by atoms with Crippen molar-refractivity contribution < 1.29 is 4.52 Å². The average Bonchev–Trinajstić information content (AvgIpc) is 2.73. The number of aromatic nitrogens is 3. The lowest BCUT2D eigenvalue weighted by Gasteiger charge is -2.35. The molecule has 1 aliphatic rings. The van der Waals surface area contributed by atoms with Crippen LogP contribution < -0.4 is 10.6 Å². The maximum atomic E-state index is 5.16. The van der Waals surface area contributed by atoms with Gasteiger partial charge in [0.05, 0.1) is 5.69 Å². The summed E-state index contributed by atoms with van der Waals surface area (Å²) >= 11 is 0. The summed E-state index contributed by atoms with van der Waals surface area (Å²) in [5.74, 6) is 0.822. The number of rotatable bonds is 2. The fourth-order valence-corrected chi connectivity index (χ4v) is 2.41. The van der Waals surface area contributed by atoms with Crippen LogP contribution in [-0.2, 0) is 0 Å². The second-order valence-corrected chi connectivity index (χ2v) is 5.11. The van der Waals surface area contributed by atoms with E-state index in [-0.39, 0.29) is 5.54 Å². The maximum absolute atomic E-state index is 5.16. The van der Waals surface area contributed by atoms with E-state index in [2.05, 4.69) is 32.7 Å². The Bertz CT molecular complexity index is 559. The molecule has 96 valence electrons. The smallest absolute Gasteiger partial charge is 0.263 e. The third kappa shape index (κ3) is 1.92. The zero-order valence-corrected chi connectivity index (χ0v) is 10.7. The minimum absolute atomic E-state index is 0.0657. The van der Waals surface area contributed by atoms with Gasteiger partial charge >= 0.3 is 0 Å². The Morgan fingerprint density at radius 3 is 2.89 bits per heavy atom. The zero-order valence-electron chi connectivity index (χ0n) is 10.7. The van der Waals surface area contributed by atoms with E-state index in [0.29, 0.717) is 5.71 Å². The van der Waals surface area contributed by atoms with Gasteiger partial charge in [0.1, 0.15) is 17.5 Å². The number of nitrogens with zero attached hydrogens (tertiary/aromatic N) is 3. The number of piperidine rings is 1. The van der Waals surface area contributed by atoms with E-state index < -0.39 is 0 Å². The summed E-state index contributed by atoms with van der Waals surface area (Å²) in [6.07, 6.45) is 3.66. The Morgan fingerprint density at radius 1 is 1.33 bits per heavy atom. The molecule has 0 bridgehead atoms. The molecule has 0 radical (unpaired) electrons. The van der Waals surface area contributed by atoms with Crippen LogP contribution in [0.25, 0.3) is 11.1 Å². The third-order valence-electron chi connectivity index (χ3n) is 3.57. The molecule has 0 unspecified atom stereocenters. The van der Waals surface area contributed by atoms with Crippen molar-refractivity contribution in [2.75, 3.05) is 18.4 Å². The Morgan fingerprint density at radius 2 is 2.11 bits per heavy atom. The monoisotopic (exact) mass is 247 g/mol. The second kappa shape index (κ2) is 4.20. The summed E-state index contributed by atoms with van der Waals surface area (Å²) in [5, 5.41) is 11.7. The maximum Gasteiger partial charge on any atom is 0.263 e. The molecule has 6 heteroatoms. The predicted octanol–water partition coefficient (Wildman–Crippen LogP) is 1.48. The van der Waals surface area contributed by atoms with Crippen LogP contribution in [0.2, 0.25) is 0 Å². The molecule has 0 atom stereocenters. The summed E-state index contributed by atoms with van der Waals surface area (Å²) in [4.78, 5) is 8.42. The highest BCUT2D eigenvalue weighted by Crippen LogP contribution is 2.28. The summed E-state index contributed by atoms with van der Waals surface area (Å²) < 4.78 is 5.16. The molecule has 2 aromatic heterocycles. The molecule has 1 fully saturated rings. The van der Waals surface area contributed by atoms with Crippen molar-refractivity contribution >= 4 is 16.9 Å². The number of hydrogen-bond acceptors (Lipinski definition) is 6. The molecular weight excluding hydrogens is 230 g/mol. The van der Waals surface area contributed by atoms with Crippen LogP contribution in [0.4, 0.5) is 5.82 Å². The van der Waals surface area contributed by atoms with Crippen LogP contribution in [0.3, 0.4) is 0 Å². The van der Waals surface area contributed by atoms with Gasteiger partial charge in [-0.05, 0) is 39.8 Å². The first-order chi connectivity index (χ1) is 8.68. The van der Waals surface area contributed by atoms with Crippen LogP contribution in [0.5, 0.6) is 0 Å². The Labute approximate surface area is 105 Å². The van der Waals surface area contributed by atoms with Crippen LogP contribution in [-0.4, -0.2) is 33.8 Å². The zero-order chi connectivity index (χ0) is 12.6. The van der Waals surface area contributed by atoms with E-state index in [4.69, 9.17) is 4.52 Å². The molecule has 0 aromatic carbocycles. The van der Waals surface area contributed by atoms with Crippen molar-refractivity contribution in [3.8, 4) is 0 Å². The van der Waals surface area contributed by atoms with Crippen LogP contribution in [0.1, 0.15) is 25.5 Å². The van der Waals surface area contributed by atoms with Crippen molar-refractivity contribution in [2.24, 2.45) is 0 Å². The van der Waals surface area contributed by atoms with Gasteiger partial charge in [-0.25, -0.2) is 4.98 Å². The van der Waals surface area contributed by atoms with E-state index in [9.17, 15) is 0 Å². The highest BCUT2D eigenvalue weighted by atomic mass is 16.5. The molecule has 2 aromatic rings. The third-order valence-corrected chi connectivity index (χ3v) is 3.57. The Balaban J connectivity index is 1.96. The normalized spacial score (nSPS) is 19.0. The molecule has 1 aliphatic heterocycles. The fraction of sp³-hybridized carbons (Fsp3) is 0.583. The summed E-state index contributed by atoms with van der Waals surface area (Å²) in [5.41, 5.74) is 1.43. The van der Waals surface area contributed by atoms with Crippen molar-refractivity contribution in [3.05, 3.63) is 12.0 Å². The average molecular weight is 247 g/mol. The van der Waals surface area contributed by atoms with E-state index >= 15 is 0 Å². The molecule has 0 aliphatic carbocycles. The largest absolute Gasteiger partial charge is 0.364 e. The molecule has 6 nitrogen and oxygen atoms in total. The van der Waals surface area contributed by atoms with Gasteiger partial charge < -0.3 is 15.2 Å². The molecule has 3 rings (SSSR count). The number of fused-ring (bicyclic) bond motifs is 1. The van der Waals surface area contributed by atoms with Gasteiger partial charge in [0.2, 0.25) is 0 Å². The van der Waals surface area contributed by atoms with E-state index in [1.807, 2.05) is 6.92 Å². The second-order valence-electron chi connectivity index (χ2n) is 5.11. The lowest BCUT2D eigenvalue weighted by Crippen LogP contribution is -2.45. The summed E-state index contributed by atoms with van der Waals surface area (Å²) in [6.45, 7) is 6.19. The number of nitrogens with one attached hydrogen (secondary N) is 2. The lowest BCUT2D eigenvalue weighted by molar-refractivity contribution is 0.364.